The third-order valence-electron chi connectivity index (χ3n) is 3.76. The fourth-order valence-corrected chi connectivity index (χ4v) is 2.52. The van der Waals surface area contributed by atoms with E-state index in [1.54, 1.807) is 4.57 Å². The summed E-state index contributed by atoms with van der Waals surface area (Å²) in [4.78, 5) is 17.5. The summed E-state index contributed by atoms with van der Waals surface area (Å²) < 4.78 is 1.75. The van der Waals surface area contributed by atoms with Gasteiger partial charge in [0.05, 0.1) is 10.9 Å². The molecule has 0 bridgehead atoms. The first kappa shape index (κ1) is 14.5. The number of aryl methyl sites for hydroxylation is 1. The molecule has 2 aromatic carbocycles. The topological polar surface area (TPSA) is 46.9 Å². The summed E-state index contributed by atoms with van der Waals surface area (Å²) in [6, 6.07) is 15.6. The number of para-hydroxylation sites is 1. The lowest BCUT2D eigenvalue weighted by atomic mass is 10.1. The Morgan fingerprint density at radius 2 is 1.82 bits per heavy atom. The second-order valence-corrected chi connectivity index (χ2v) is 5.38. The third-order valence-corrected chi connectivity index (χ3v) is 3.76. The Bertz CT molecular complexity index is 850. The molecule has 0 aliphatic heterocycles. The number of likely N-dealkylation sites (N-methyl/N-ethyl adjacent to an activating group) is 1. The molecule has 0 saturated heterocycles. The number of hydrogen-bond acceptors (Lipinski definition) is 3. The molecular formula is C18H19N3O. The average molecular weight is 293 g/mol. The van der Waals surface area contributed by atoms with Gasteiger partial charge in [0.15, 0.2) is 0 Å². The van der Waals surface area contributed by atoms with Crippen molar-refractivity contribution >= 4 is 10.9 Å². The zero-order chi connectivity index (χ0) is 15.5. The Morgan fingerprint density at radius 3 is 2.55 bits per heavy atom. The van der Waals surface area contributed by atoms with Crippen LogP contribution in [0.1, 0.15) is 5.56 Å². The van der Waals surface area contributed by atoms with E-state index < -0.39 is 0 Å². The molecular weight excluding hydrogens is 274 g/mol. The van der Waals surface area contributed by atoms with Crippen LogP contribution in [0.5, 0.6) is 0 Å². The van der Waals surface area contributed by atoms with Crippen molar-refractivity contribution in [1.82, 2.24) is 14.9 Å². The van der Waals surface area contributed by atoms with Gasteiger partial charge in [-0.2, -0.15) is 0 Å². The predicted molar refractivity (Wildman–Crippen MR) is 90.1 cm³/mol. The van der Waals surface area contributed by atoms with Crippen LogP contribution in [0.2, 0.25) is 0 Å². The maximum Gasteiger partial charge on any atom is 0.261 e. The highest BCUT2D eigenvalue weighted by molar-refractivity contribution is 5.79. The number of rotatable bonds is 4. The maximum absolute atomic E-state index is 12.8. The summed E-state index contributed by atoms with van der Waals surface area (Å²) in [5, 5.41) is 3.75. The molecule has 0 fully saturated rings. The molecule has 0 aliphatic rings. The lowest BCUT2D eigenvalue weighted by molar-refractivity contribution is 0.628. The zero-order valence-electron chi connectivity index (χ0n) is 12.8. The fraction of sp³-hybridized carbons (Fsp3) is 0.222. The number of aromatic nitrogens is 2. The average Bonchev–Trinajstić information content (AvgIpc) is 2.55. The molecule has 0 atom stereocenters. The molecule has 3 rings (SSSR count). The van der Waals surface area contributed by atoms with Crippen molar-refractivity contribution in [1.29, 1.82) is 0 Å². The molecule has 4 heteroatoms. The second-order valence-electron chi connectivity index (χ2n) is 5.38. The van der Waals surface area contributed by atoms with Crippen LogP contribution in [0.25, 0.3) is 22.3 Å². The summed E-state index contributed by atoms with van der Waals surface area (Å²) in [5.41, 5.74) is 2.90. The highest BCUT2D eigenvalue weighted by Gasteiger charge is 2.12. The quantitative estimate of drug-likeness (QED) is 0.804. The van der Waals surface area contributed by atoms with E-state index in [0.29, 0.717) is 11.9 Å². The molecule has 1 aromatic heterocycles. The van der Waals surface area contributed by atoms with E-state index in [4.69, 9.17) is 4.98 Å². The summed E-state index contributed by atoms with van der Waals surface area (Å²) in [5.74, 6) is 0.721. The highest BCUT2D eigenvalue weighted by Crippen LogP contribution is 2.19. The first-order valence-corrected chi connectivity index (χ1v) is 7.42. The van der Waals surface area contributed by atoms with Gasteiger partial charge in [0.1, 0.15) is 5.82 Å². The van der Waals surface area contributed by atoms with Crippen LogP contribution in [-0.4, -0.2) is 23.1 Å². The monoisotopic (exact) mass is 293 g/mol. The van der Waals surface area contributed by atoms with Gasteiger partial charge in [0, 0.05) is 18.7 Å². The predicted octanol–water partition coefficient (Wildman–Crippen LogP) is 2.59. The third kappa shape index (κ3) is 2.65. The number of fused-ring (bicyclic) bond motifs is 1. The molecule has 1 heterocycles. The van der Waals surface area contributed by atoms with Crippen molar-refractivity contribution in [3.63, 3.8) is 0 Å². The summed E-state index contributed by atoms with van der Waals surface area (Å²) >= 11 is 0. The molecule has 22 heavy (non-hydrogen) atoms. The van der Waals surface area contributed by atoms with Gasteiger partial charge in [0.25, 0.3) is 5.56 Å². The van der Waals surface area contributed by atoms with Gasteiger partial charge in [0.2, 0.25) is 0 Å². The standard InChI is InChI=1S/C18H19N3O/c1-13-7-9-14(10-8-13)17-20-16-6-4-3-5-15(16)18(22)21(17)12-11-19-2/h3-10,19H,11-12H2,1-2H3. The van der Waals surface area contributed by atoms with E-state index in [2.05, 4.69) is 5.32 Å². The van der Waals surface area contributed by atoms with Crippen LogP contribution in [0, 0.1) is 6.92 Å². The number of nitrogens with one attached hydrogen (secondary N) is 1. The van der Waals surface area contributed by atoms with Crippen LogP contribution < -0.4 is 10.9 Å². The minimum absolute atomic E-state index is 0.0106. The van der Waals surface area contributed by atoms with Crippen molar-refractivity contribution in [3.05, 3.63) is 64.4 Å². The molecule has 3 aromatic rings. The van der Waals surface area contributed by atoms with Crippen molar-refractivity contribution in [2.24, 2.45) is 0 Å². The Balaban J connectivity index is 2.26. The van der Waals surface area contributed by atoms with E-state index in [9.17, 15) is 4.79 Å². The molecule has 0 saturated carbocycles. The minimum Gasteiger partial charge on any atom is -0.318 e. The number of benzene rings is 2. The van der Waals surface area contributed by atoms with Crippen LogP contribution in [-0.2, 0) is 6.54 Å². The lowest BCUT2D eigenvalue weighted by Crippen LogP contribution is -2.28. The largest absolute Gasteiger partial charge is 0.318 e. The Kier molecular flexibility index (Phi) is 4.02. The Hall–Kier alpha value is -2.46. The van der Waals surface area contributed by atoms with E-state index in [-0.39, 0.29) is 5.56 Å². The van der Waals surface area contributed by atoms with E-state index in [0.717, 1.165) is 23.4 Å². The molecule has 0 spiro atoms. The summed E-state index contributed by atoms with van der Waals surface area (Å²) in [6.07, 6.45) is 0. The molecule has 0 aliphatic carbocycles. The van der Waals surface area contributed by atoms with Gasteiger partial charge >= 0.3 is 0 Å². The van der Waals surface area contributed by atoms with Gasteiger partial charge in [-0.3, -0.25) is 9.36 Å². The Morgan fingerprint density at radius 1 is 1.09 bits per heavy atom. The lowest BCUT2D eigenvalue weighted by Gasteiger charge is -2.13. The van der Waals surface area contributed by atoms with Crippen molar-refractivity contribution in [2.45, 2.75) is 13.5 Å². The van der Waals surface area contributed by atoms with Gasteiger partial charge in [-0.25, -0.2) is 4.98 Å². The smallest absolute Gasteiger partial charge is 0.261 e. The van der Waals surface area contributed by atoms with Gasteiger partial charge < -0.3 is 5.32 Å². The zero-order valence-corrected chi connectivity index (χ0v) is 12.8. The minimum atomic E-state index is 0.0106. The van der Waals surface area contributed by atoms with Crippen LogP contribution in [0.15, 0.2) is 53.3 Å². The van der Waals surface area contributed by atoms with E-state index in [1.165, 1.54) is 5.56 Å². The van der Waals surface area contributed by atoms with Gasteiger partial charge in [-0.1, -0.05) is 42.0 Å². The summed E-state index contributed by atoms with van der Waals surface area (Å²) in [7, 11) is 1.88. The molecule has 1 N–H and O–H groups in total. The maximum atomic E-state index is 12.8. The van der Waals surface area contributed by atoms with E-state index in [1.807, 2.05) is 62.5 Å². The SMILES string of the molecule is CNCCn1c(-c2ccc(C)cc2)nc2ccccc2c1=O. The second kappa shape index (κ2) is 6.12. The van der Waals surface area contributed by atoms with Crippen LogP contribution >= 0.6 is 0 Å². The Labute approximate surface area is 129 Å². The molecule has 112 valence electrons. The van der Waals surface area contributed by atoms with Crippen molar-refractivity contribution < 1.29 is 0 Å². The summed E-state index contributed by atoms with van der Waals surface area (Å²) in [6.45, 7) is 3.36. The van der Waals surface area contributed by atoms with Crippen molar-refractivity contribution in [2.75, 3.05) is 13.6 Å². The van der Waals surface area contributed by atoms with E-state index >= 15 is 0 Å². The van der Waals surface area contributed by atoms with Crippen LogP contribution in [0.3, 0.4) is 0 Å². The van der Waals surface area contributed by atoms with Crippen molar-refractivity contribution in [3.8, 4) is 11.4 Å². The highest BCUT2D eigenvalue weighted by atomic mass is 16.1. The first-order valence-electron chi connectivity index (χ1n) is 7.42. The number of nitrogens with zero attached hydrogens (tertiary/aromatic N) is 2. The van der Waals surface area contributed by atoms with Crippen LogP contribution in [0.4, 0.5) is 0 Å². The first-order chi connectivity index (χ1) is 10.7. The molecule has 4 nitrogen and oxygen atoms in total. The normalized spacial score (nSPS) is 11.0. The fourth-order valence-electron chi connectivity index (χ4n) is 2.52. The molecule has 0 unspecified atom stereocenters. The molecule has 0 radical (unpaired) electrons. The van der Waals surface area contributed by atoms with Gasteiger partial charge in [-0.15, -0.1) is 0 Å². The molecule has 0 amide bonds. The number of hydrogen-bond donors (Lipinski definition) is 1. The van der Waals surface area contributed by atoms with Gasteiger partial charge in [-0.05, 0) is 26.1 Å².